The Bertz CT molecular complexity index is 693. The van der Waals surface area contributed by atoms with Crippen LogP contribution in [-0.4, -0.2) is 20.0 Å². The van der Waals surface area contributed by atoms with Crippen molar-refractivity contribution in [3.05, 3.63) is 57.1 Å². The molecule has 0 aliphatic heterocycles. The van der Waals surface area contributed by atoms with E-state index in [0.29, 0.717) is 22.6 Å². The van der Waals surface area contributed by atoms with Gasteiger partial charge in [0.15, 0.2) is 5.78 Å². The Kier molecular flexibility index (Phi) is 4.68. The largest absolute Gasteiger partial charge is 0.496 e. The second-order valence-electron chi connectivity index (χ2n) is 4.82. The van der Waals surface area contributed by atoms with Gasteiger partial charge >= 0.3 is 0 Å². The number of aryl methyl sites for hydroxylation is 2. The molecule has 0 saturated carbocycles. The molecule has 21 heavy (non-hydrogen) atoms. The molecule has 110 valence electrons. The van der Waals surface area contributed by atoms with Gasteiger partial charge in [-0.1, -0.05) is 12.1 Å². The highest BCUT2D eigenvalue weighted by Gasteiger charge is 2.18. The van der Waals surface area contributed by atoms with Gasteiger partial charge in [0.1, 0.15) is 11.5 Å². The van der Waals surface area contributed by atoms with Gasteiger partial charge in [-0.25, -0.2) is 0 Å². The van der Waals surface area contributed by atoms with E-state index in [1.807, 2.05) is 32.0 Å². The third kappa shape index (κ3) is 3.10. The van der Waals surface area contributed by atoms with E-state index in [2.05, 4.69) is 15.9 Å². The summed E-state index contributed by atoms with van der Waals surface area (Å²) in [6.45, 7) is 4.01. The van der Waals surface area contributed by atoms with E-state index in [-0.39, 0.29) is 5.78 Å². The Morgan fingerprint density at radius 3 is 2.19 bits per heavy atom. The molecule has 0 bridgehead atoms. The molecule has 0 spiro atoms. The molecular formula is C17H17BrO3. The van der Waals surface area contributed by atoms with Gasteiger partial charge < -0.3 is 9.47 Å². The van der Waals surface area contributed by atoms with Gasteiger partial charge in [-0.15, -0.1) is 0 Å². The van der Waals surface area contributed by atoms with Gasteiger partial charge in [0.25, 0.3) is 0 Å². The van der Waals surface area contributed by atoms with Crippen LogP contribution >= 0.6 is 15.9 Å². The summed E-state index contributed by atoms with van der Waals surface area (Å²) in [4.78, 5) is 12.7. The molecule has 0 amide bonds. The number of ketones is 1. The molecule has 0 unspecified atom stereocenters. The van der Waals surface area contributed by atoms with Crippen LogP contribution < -0.4 is 9.47 Å². The fraction of sp³-hybridized carbons (Fsp3) is 0.235. The number of hydrogen-bond acceptors (Lipinski definition) is 3. The third-order valence-corrected chi connectivity index (χ3v) is 4.11. The van der Waals surface area contributed by atoms with Crippen molar-refractivity contribution < 1.29 is 14.3 Å². The van der Waals surface area contributed by atoms with Gasteiger partial charge in [-0.3, -0.25) is 4.79 Å². The highest BCUT2D eigenvalue weighted by molar-refractivity contribution is 9.10. The quantitative estimate of drug-likeness (QED) is 0.772. The summed E-state index contributed by atoms with van der Waals surface area (Å²) in [5, 5.41) is 0. The molecule has 2 aromatic rings. The van der Waals surface area contributed by atoms with Crippen LogP contribution in [0.3, 0.4) is 0 Å². The maximum Gasteiger partial charge on any atom is 0.196 e. The zero-order valence-electron chi connectivity index (χ0n) is 12.5. The van der Waals surface area contributed by atoms with Crippen molar-refractivity contribution in [3.8, 4) is 11.5 Å². The predicted octanol–water partition coefficient (Wildman–Crippen LogP) is 4.31. The lowest BCUT2D eigenvalue weighted by Gasteiger charge is -2.12. The monoisotopic (exact) mass is 348 g/mol. The minimum absolute atomic E-state index is 0.0826. The summed E-state index contributed by atoms with van der Waals surface area (Å²) in [5.74, 6) is 1.04. The maximum absolute atomic E-state index is 12.7. The number of ether oxygens (including phenoxy) is 2. The summed E-state index contributed by atoms with van der Waals surface area (Å²) < 4.78 is 11.3. The standard InChI is InChI=1S/C17H17BrO3/c1-10-5-6-12(7-11(10)2)17(19)13-8-16(21-4)14(18)9-15(13)20-3/h5-9H,1-4H3. The molecule has 3 nitrogen and oxygen atoms in total. The molecule has 0 radical (unpaired) electrons. The van der Waals surface area contributed by atoms with Gasteiger partial charge in [0.05, 0.1) is 24.3 Å². The molecular weight excluding hydrogens is 332 g/mol. The Morgan fingerprint density at radius 1 is 0.952 bits per heavy atom. The minimum Gasteiger partial charge on any atom is -0.496 e. The number of carbonyl (C=O) groups excluding carboxylic acids is 1. The molecule has 4 heteroatoms. The third-order valence-electron chi connectivity index (χ3n) is 3.49. The van der Waals surface area contributed by atoms with Crippen molar-refractivity contribution in [3.63, 3.8) is 0 Å². The zero-order valence-corrected chi connectivity index (χ0v) is 14.1. The van der Waals surface area contributed by atoms with Crippen LogP contribution in [0, 0.1) is 13.8 Å². The van der Waals surface area contributed by atoms with Crippen LogP contribution in [0.15, 0.2) is 34.8 Å². The van der Waals surface area contributed by atoms with Crippen LogP contribution in [0.25, 0.3) is 0 Å². The number of benzene rings is 2. The Morgan fingerprint density at radius 2 is 1.62 bits per heavy atom. The minimum atomic E-state index is -0.0826. The van der Waals surface area contributed by atoms with Crippen molar-refractivity contribution in [2.75, 3.05) is 14.2 Å². The van der Waals surface area contributed by atoms with Crippen LogP contribution in [-0.2, 0) is 0 Å². The first-order chi connectivity index (χ1) is 9.97. The molecule has 0 atom stereocenters. The lowest BCUT2D eigenvalue weighted by atomic mass is 9.98. The highest BCUT2D eigenvalue weighted by Crippen LogP contribution is 2.34. The SMILES string of the molecule is COc1cc(C(=O)c2ccc(C)c(C)c2)c(OC)cc1Br. The Balaban J connectivity index is 2.53. The normalized spacial score (nSPS) is 10.3. The van der Waals surface area contributed by atoms with E-state index >= 15 is 0 Å². The zero-order chi connectivity index (χ0) is 15.6. The van der Waals surface area contributed by atoms with Gasteiger partial charge in [-0.2, -0.15) is 0 Å². The first-order valence-corrected chi connectivity index (χ1v) is 7.30. The van der Waals surface area contributed by atoms with E-state index in [9.17, 15) is 4.79 Å². The van der Waals surface area contributed by atoms with E-state index in [1.54, 1.807) is 26.4 Å². The van der Waals surface area contributed by atoms with E-state index in [4.69, 9.17) is 9.47 Å². The second-order valence-corrected chi connectivity index (χ2v) is 5.67. The molecule has 0 aromatic heterocycles. The summed E-state index contributed by atoms with van der Waals surface area (Å²) in [5.41, 5.74) is 3.37. The fourth-order valence-electron chi connectivity index (χ4n) is 2.08. The molecule has 0 N–H and O–H groups in total. The van der Waals surface area contributed by atoms with E-state index in [0.717, 1.165) is 15.6 Å². The highest BCUT2D eigenvalue weighted by atomic mass is 79.9. The predicted molar refractivity (Wildman–Crippen MR) is 86.6 cm³/mol. The average Bonchev–Trinajstić information content (AvgIpc) is 2.49. The number of carbonyl (C=O) groups is 1. The number of halogens is 1. The fourth-order valence-corrected chi connectivity index (χ4v) is 2.56. The summed E-state index contributed by atoms with van der Waals surface area (Å²) in [6, 6.07) is 9.11. The molecule has 0 aliphatic carbocycles. The summed E-state index contributed by atoms with van der Waals surface area (Å²) >= 11 is 3.39. The van der Waals surface area contributed by atoms with Crippen molar-refractivity contribution in [2.45, 2.75) is 13.8 Å². The smallest absolute Gasteiger partial charge is 0.196 e. The topological polar surface area (TPSA) is 35.5 Å². The summed E-state index contributed by atoms with van der Waals surface area (Å²) in [7, 11) is 3.11. The van der Waals surface area contributed by atoms with Crippen molar-refractivity contribution in [2.24, 2.45) is 0 Å². The van der Waals surface area contributed by atoms with Crippen LogP contribution in [0.2, 0.25) is 0 Å². The van der Waals surface area contributed by atoms with E-state index < -0.39 is 0 Å². The van der Waals surface area contributed by atoms with Gasteiger partial charge in [-0.05, 0) is 59.1 Å². The van der Waals surface area contributed by atoms with Crippen LogP contribution in [0.5, 0.6) is 11.5 Å². The van der Waals surface area contributed by atoms with Crippen LogP contribution in [0.1, 0.15) is 27.0 Å². The molecule has 0 fully saturated rings. The number of hydrogen-bond donors (Lipinski definition) is 0. The van der Waals surface area contributed by atoms with Crippen molar-refractivity contribution in [1.82, 2.24) is 0 Å². The Labute approximate surface area is 133 Å². The van der Waals surface area contributed by atoms with Crippen molar-refractivity contribution >= 4 is 21.7 Å². The van der Waals surface area contributed by atoms with Gasteiger partial charge in [0.2, 0.25) is 0 Å². The molecule has 0 heterocycles. The van der Waals surface area contributed by atoms with E-state index in [1.165, 1.54) is 0 Å². The molecule has 2 aromatic carbocycles. The van der Waals surface area contributed by atoms with Crippen LogP contribution in [0.4, 0.5) is 0 Å². The number of methoxy groups -OCH3 is 2. The van der Waals surface area contributed by atoms with Crippen molar-refractivity contribution in [1.29, 1.82) is 0 Å². The maximum atomic E-state index is 12.7. The lowest BCUT2D eigenvalue weighted by molar-refractivity contribution is 0.103. The molecule has 0 saturated heterocycles. The number of rotatable bonds is 4. The molecule has 2 rings (SSSR count). The van der Waals surface area contributed by atoms with Gasteiger partial charge in [0, 0.05) is 5.56 Å². The lowest BCUT2D eigenvalue weighted by Crippen LogP contribution is -2.05. The first-order valence-electron chi connectivity index (χ1n) is 6.51. The Hall–Kier alpha value is -1.81. The molecule has 0 aliphatic rings. The second kappa shape index (κ2) is 6.31. The summed E-state index contributed by atoms with van der Waals surface area (Å²) in [6.07, 6.45) is 0. The first kappa shape index (κ1) is 15.6. The average molecular weight is 349 g/mol.